The van der Waals surface area contributed by atoms with Crippen LogP contribution in [-0.4, -0.2) is 36.9 Å². The number of hydrogen-bond acceptors (Lipinski definition) is 2. The van der Waals surface area contributed by atoms with Crippen LogP contribution in [0.5, 0.6) is 0 Å². The van der Waals surface area contributed by atoms with Crippen LogP contribution in [0.25, 0.3) is 0 Å². The van der Waals surface area contributed by atoms with Crippen molar-refractivity contribution >= 4 is 11.8 Å². The van der Waals surface area contributed by atoms with Gasteiger partial charge in [0.1, 0.15) is 0 Å². The van der Waals surface area contributed by atoms with E-state index in [1.54, 1.807) is 11.9 Å². The van der Waals surface area contributed by atoms with Gasteiger partial charge >= 0.3 is 0 Å². The summed E-state index contributed by atoms with van der Waals surface area (Å²) in [5, 5.41) is 2.83. The number of amides is 2. The highest BCUT2D eigenvalue weighted by Gasteiger charge is 2.31. The second-order valence-electron chi connectivity index (χ2n) is 3.82. The van der Waals surface area contributed by atoms with Crippen molar-refractivity contribution in [1.82, 2.24) is 10.2 Å². The Morgan fingerprint density at radius 2 is 2.40 bits per heavy atom. The molecule has 0 aliphatic carbocycles. The molecule has 0 spiro atoms. The van der Waals surface area contributed by atoms with Gasteiger partial charge in [-0.05, 0) is 13.3 Å². The van der Waals surface area contributed by atoms with Crippen LogP contribution in [-0.2, 0) is 9.59 Å². The number of carbonyl (C=O) groups excluding carboxylic acids is 2. The van der Waals surface area contributed by atoms with Gasteiger partial charge in [-0.1, -0.05) is 12.2 Å². The Balaban J connectivity index is 2.26. The zero-order valence-corrected chi connectivity index (χ0v) is 9.32. The highest BCUT2D eigenvalue weighted by Crippen LogP contribution is 2.15. The van der Waals surface area contributed by atoms with Crippen molar-refractivity contribution in [3.8, 4) is 0 Å². The molecule has 4 nitrogen and oxygen atoms in total. The normalized spacial score (nSPS) is 21.3. The lowest BCUT2D eigenvalue weighted by atomic mass is 10.1. The second kappa shape index (κ2) is 5.53. The van der Waals surface area contributed by atoms with Crippen molar-refractivity contribution in [1.29, 1.82) is 0 Å². The van der Waals surface area contributed by atoms with Crippen molar-refractivity contribution in [3.05, 3.63) is 12.2 Å². The molecule has 0 bridgehead atoms. The Bertz CT molecular complexity index is 274. The maximum Gasteiger partial charge on any atom is 0.225 e. The molecule has 0 aromatic carbocycles. The van der Waals surface area contributed by atoms with Crippen LogP contribution in [0.1, 0.15) is 19.8 Å². The monoisotopic (exact) mass is 210 g/mol. The summed E-state index contributed by atoms with van der Waals surface area (Å²) in [5.41, 5.74) is 0. The van der Waals surface area contributed by atoms with Gasteiger partial charge < -0.3 is 10.2 Å². The van der Waals surface area contributed by atoms with Crippen LogP contribution < -0.4 is 5.32 Å². The van der Waals surface area contributed by atoms with E-state index in [-0.39, 0.29) is 17.7 Å². The maximum atomic E-state index is 11.6. The van der Waals surface area contributed by atoms with E-state index in [4.69, 9.17) is 0 Å². The smallest absolute Gasteiger partial charge is 0.225 e. The number of nitrogens with zero attached hydrogens (tertiary/aromatic N) is 1. The summed E-state index contributed by atoms with van der Waals surface area (Å²) in [7, 11) is 1.73. The topological polar surface area (TPSA) is 49.4 Å². The molecular weight excluding hydrogens is 192 g/mol. The molecule has 1 fully saturated rings. The van der Waals surface area contributed by atoms with Gasteiger partial charge in [0.25, 0.3) is 0 Å². The van der Waals surface area contributed by atoms with Crippen LogP contribution in [0.15, 0.2) is 12.2 Å². The summed E-state index contributed by atoms with van der Waals surface area (Å²) in [5.74, 6) is -0.103. The van der Waals surface area contributed by atoms with Gasteiger partial charge in [-0.25, -0.2) is 0 Å². The Labute approximate surface area is 90.3 Å². The molecule has 0 saturated carbocycles. The van der Waals surface area contributed by atoms with Crippen molar-refractivity contribution < 1.29 is 9.59 Å². The summed E-state index contributed by atoms with van der Waals surface area (Å²) in [6.45, 7) is 3.15. The van der Waals surface area contributed by atoms with E-state index in [1.165, 1.54) is 0 Å². The van der Waals surface area contributed by atoms with Gasteiger partial charge in [-0.3, -0.25) is 9.59 Å². The first-order chi connectivity index (χ1) is 7.15. The quantitative estimate of drug-likeness (QED) is 0.544. The van der Waals surface area contributed by atoms with E-state index in [2.05, 4.69) is 5.32 Å². The molecule has 0 radical (unpaired) electrons. The molecule has 1 rings (SSSR count). The van der Waals surface area contributed by atoms with Crippen LogP contribution in [0.2, 0.25) is 0 Å². The van der Waals surface area contributed by atoms with Crippen molar-refractivity contribution in [2.24, 2.45) is 5.92 Å². The van der Waals surface area contributed by atoms with E-state index in [9.17, 15) is 9.59 Å². The third-order valence-corrected chi connectivity index (χ3v) is 2.56. The summed E-state index contributed by atoms with van der Waals surface area (Å²) < 4.78 is 0. The first kappa shape index (κ1) is 11.8. The largest absolute Gasteiger partial charge is 0.355 e. The lowest BCUT2D eigenvalue weighted by molar-refractivity contribution is -0.128. The molecule has 2 amide bonds. The molecule has 0 aromatic rings. The zero-order valence-electron chi connectivity index (χ0n) is 9.32. The Hall–Kier alpha value is -1.32. The number of rotatable bonds is 4. The fourth-order valence-corrected chi connectivity index (χ4v) is 1.63. The molecule has 15 heavy (non-hydrogen) atoms. The summed E-state index contributed by atoms with van der Waals surface area (Å²) in [6, 6.07) is 0. The molecule has 1 saturated heterocycles. The molecule has 1 aliphatic heterocycles. The minimum atomic E-state index is -0.159. The molecular formula is C11H18N2O2. The lowest BCUT2D eigenvalue weighted by Crippen LogP contribution is -2.32. The van der Waals surface area contributed by atoms with E-state index in [0.29, 0.717) is 19.5 Å². The first-order valence-corrected chi connectivity index (χ1v) is 5.28. The minimum Gasteiger partial charge on any atom is -0.355 e. The third kappa shape index (κ3) is 3.38. The molecule has 84 valence electrons. The predicted octanol–water partition coefficient (Wildman–Crippen LogP) is 0.547. The molecule has 1 aliphatic rings. The fraction of sp³-hybridized carbons (Fsp3) is 0.636. The third-order valence-electron chi connectivity index (χ3n) is 2.56. The molecule has 1 unspecified atom stereocenters. The summed E-state index contributed by atoms with van der Waals surface area (Å²) >= 11 is 0. The van der Waals surface area contributed by atoms with Crippen LogP contribution >= 0.6 is 0 Å². The second-order valence-corrected chi connectivity index (χ2v) is 3.82. The Morgan fingerprint density at radius 3 is 2.93 bits per heavy atom. The van der Waals surface area contributed by atoms with Gasteiger partial charge in [-0.2, -0.15) is 0 Å². The van der Waals surface area contributed by atoms with Crippen LogP contribution in [0, 0.1) is 5.92 Å². The maximum absolute atomic E-state index is 11.6. The SMILES string of the molecule is C/C=C/CCNC(=O)C1CC(=O)N(C)C1. The standard InChI is InChI=1S/C11H18N2O2/c1-3-4-5-6-12-11(15)9-7-10(14)13(2)8-9/h3-4,9H,5-8H2,1-2H3,(H,12,15)/b4-3+. The molecule has 1 atom stereocenters. The van der Waals surface area contributed by atoms with Crippen molar-refractivity contribution in [3.63, 3.8) is 0 Å². The Morgan fingerprint density at radius 1 is 1.67 bits per heavy atom. The summed E-state index contributed by atoms with van der Waals surface area (Å²) in [6.07, 6.45) is 5.16. The number of allylic oxidation sites excluding steroid dienone is 1. The molecule has 1 heterocycles. The van der Waals surface area contributed by atoms with E-state index in [1.807, 2.05) is 19.1 Å². The van der Waals surface area contributed by atoms with E-state index < -0.39 is 0 Å². The number of carbonyl (C=O) groups is 2. The average Bonchev–Trinajstić information content (AvgIpc) is 2.54. The van der Waals surface area contributed by atoms with E-state index in [0.717, 1.165) is 6.42 Å². The van der Waals surface area contributed by atoms with Crippen LogP contribution in [0.4, 0.5) is 0 Å². The predicted molar refractivity (Wildman–Crippen MR) is 58.2 cm³/mol. The van der Waals surface area contributed by atoms with E-state index >= 15 is 0 Å². The van der Waals surface area contributed by atoms with Crippen molar-refractivity contribution in [2.45, 2.75) is 19.8 Å². The van der Waals surface area contributed by atoms with Gasteiger partial charge in [0, 0.05) is 26.6 Å². The molecule has 0 aromatic heterocycles. The lowest BCUT2D eigenvalue weighted by Gasteiger charge is -2.10. The highest BCUT2D eigenvalue weighted by atomic mass is 16.2. The average molecular weight is 210 g/mol. The van der Waals surface area contributed by atoms with Crippen LogP contribution in [0.3, 0.4) is 0 Å². The van der Waals surface area contributed by atoms with Gasteiger partial charge in [0.05, 0.1) is 5.92 Å². The fourth-order valence-electron chi connectivity index (χ4n) is 1.63. The molecule has 4 heteroatoms. The zero-order chi connectivity index (χ0) is 11.3. The number of hydrogen-bond donors (Lipinski definition) is 1. The van der Waals surface area contributed by atoms with Gasteiger partial charge in [0.15, 0.2) is 0 Å². The highest BCUT2D eigenvalue weighted by molar-refractivity contribution is 5.89. The van der Waals surface area contributed by atoms with Gasteiger partial charge in [-0.15, -0.1) is 0 Å². The van der Waals surface area contributed by atoms with Crippen molar-refractivity contribution in [2.75, 3.05) is 20.1 Å². The first-order valence-electron chi connectivity index (χ1n) is 5.28. The minimum absolute atomic E-state index is 0.00259. The number of likely N-dealkylation sites (tertiary alicyclic amines) is 1. The molecule has 1 N–H and O–H groups in total. The van der Waals surface area contributed by atoms with Gasteiger partial charge in [0.2, 0.25) is 11.8 Å². The Kier molecular flexibility index (Phi) is 4.34. The summed E-state index contributed by atoms with van der Waals surface area (Å²) in [4.78, 5) is 24.4. The number of nitrogens with one attached hydrogen (secondary N) is 1.